The fourth-order valence-corrected chi connectivity index (χ4v) is 3.90. The number of hydrogen-bond donors (Lipinski definition) is 0. The molecule has 21 heavy (non-hydrogen) atoms. The van der Waals surface area contributed by atoms with Crippen molar-refractivity contribution in [2.45, 2.75) is 25.9 Å². The minimum atomic E-state index is 0.152. The van der Waals surface area contributed by atoms with Crippen LogP contribution in [0.2, 0.25) is 0 Å². The molecule has 0 spiro atoms. The predicted molar refractivity (Wildman–Crippen MR) is 85.7 cm³/mol. The van der Waals surface area contributed by atoms with Crippen LogP contribution >= 0.6 is 22.7 Å². The van der Waals surface area contributed by atoms with Crippen molar-refractivity contribution in [3.8, 4) is 10.6 Å². The van der Waals surface area contributed by atoms with Gasteiger partial charge in [-0.1, -0.05) is 6.92 Å². The number of thiazole rings is 1. The van der Waals surface area contributed by atoms with E-state index in [1.807, 2.05) is 15.7 Å². The van der Waals surface area contributed by atoms with Crippen molar-refractivity contribution in [1.82, 2.24) is 9.88 Å². The highest BCUT2D eigenvalue weighted by Crippen LogP contribution is 2.26. The van der Waals surface area contributed by atoms with Gasteiger partial charge in [-0.25, -0.2) is 4.98 Å². The number of aromatic nitrogens is 1. The summed E-state index contributed by atoms with van der Waals surface area (Å²) in [7, 11) is 0. The molecular weight excluding hydrogens is 304 g/mol. The van der Waals surface area contributed by atoms with E-state index in [1.54, 1.807) is 22.7 Å². The van der Waals surface area contributed by atoms with Crippen LogP contribution in [0.3, 0.4) is 0 Å². The standard InChI is InChI=1S/C15H18N2O2S2/c1-2-13-8-17(4-5-19-13)14(18)7-12-10-21-15(16-12)11-3-6-20-9-11/h3,6,9-10,13H,2,4-5,7-8H2,1H3. The van der Waals surface area contributed by atoms with Gasteiger partial charge >= 0.3 is 0 Å². The Bertz CT molecular complexity index is 595. The minimum absolute atomic E-state index is 0.152. The number of hydrogen-bond acceptors (Lipinski definition) is 5. The van der Waals surface area contributed by atoms with E-state index in [1.165, 1.54) is 0 Å². The van der Waals surface area contributed by atoms with Gasteiger partial charge in [0, 0.05) is 29.4 Å². The van der Waals surface area contributed by atoms with Crippen molar-refractivity contribution in [3.05, 3.63) is 27.9 Å². The van der Waals surface area contributed by atoms with Crippen molar-refractivity contribution in [3.63, 3.8) is 0 Å². The largest absolute Gasteiger partial charge is 0.375 e. The number of amides is 1. The van der Waals surface area contributed by atoms with Gasteiger partial charge in [0.05, 0.1) is 24.8 Å². The Balaban J connectivity index is 1.62. The van der Waals surface area contributed by atoms with Gasteiger partial charge in [0.25, 0.3) is 0 Å². The third-order valence-electron chi connectivity index (χ3n) is 3.60. The molecule has 2 aromatic heterocycles. The number of thiophene rings is 1. The van der Waals surface area contributed by atoms with Crippen LogP contribution in [0.25, 0.3) is 10.6 Å². The van der Waals surface area contributed by atoms with Crippen molar-refractivity contribution < 1.29 is 9.53 Å². The van der Waals surface area contributed by atoms with Crippen LogP contribution in [0.1, 0.15) is 19.0 Å². The molecule has 0 radical (unpaired) electrons. The summed E-state index contributed by atoms with van der Waals surface area (Å²) < 4.78 is 5.60. The van der Waals surface area contributed by atoms with Crippen LogP contribution in [0, 0.1) is 0 Å². The highest BCUT2D eigenvalue weighted by atomic mass is 32.1. The number of ether oxygens (including phenoxy) is 1. The van der Waals surface area contributed by atoms with Crippen molar-refractivity contribution in [2.24, 2.45) is 0 Å². The molecule has 2 aromatic rings. The fourth-order valence-electron chi connectivity index (χ4n) is 2.37. The van der Waals surface area contributed by atoms with E-state index in [2.05, 4.69) is 23.4 Å². The Labute approximate surface area is 132 Å². The first kappa shape index (κ1) is 14.7. The van der Waals surface area contributed by atoms with Gasteiger partial charge < -0.3 is 9.64 Å². The van der Waals surface area contributed by atoms with E-state index >= 15 is 0 Å². The molecular formula is C15H18N2O2S2. The zero-order valence-corrected chi connectivity index (χ0v) is 13.6. The number of carbonyl (C=O) groups excluding carboxylic acids is 1. The van der Waals surface area contributed by atoms with Crippen LogP contribution in [-0.2, 0) is 16.0 Å². The highest BCUT2D eigenvalue weighted by Gasteiger charge is 2.23. The van der Waals surface area contributed by atoms with E-state index in [-0.39, 0.29) is 12.0 Å². The zero-order chi connectivity index (χ0) is 14.7. The summed E-state index contributed by atoms with van der Waals surface area (Å²) in [6.45, 7) is 4.13. The second kappa shape index (κ2) is 6.68. The fraction of sp³-hybridized carbons (Fsp3) is 0.467. The monoisotopic (exact) mass is 322 g/mol. The quantitative estimate of drug-likeness (QED) is 0.869. The molecule has 0 aromatic carbocycles. The van der Waals surface area contributed by atoms with Gasteiger partial charge in [0.2, 0.25) is 5.91 Å². The molecule has 0 bridgehead atoms. The lowest BCUT2D eigenvalue weighted by molar-refractivity contribution is -0.138. The molecule has 0 saturated carbocycles. The van der Waals surface area contributed by atoms with Gasteiger partial charge in [-0.3, -0.25) is 4.79 Å². The first-order valence-electron chi connectivity index (χ1n) is 7.12. The maximum Gasteiger partial charge on any atom is 0.228 e. The SMILES string of the molecule is CCC1CN(C(=O)Cc2csc(-c3ccsc3)n2)CCO1. The molecule has 0 aliphatic carbocycles. The van der Waals surface area contributed by atoms with Gasteiger partial charge in [-0.15, -0.1) is 11.3 Å². The molecule has 1 atom stereocenters. The summed E-state index contributed by atoms with van der Waals surface area (Å²) in [5, 5.41) is 7.11. The van der Waals surface area contributed by atoms with E-state index in [9.17, 15) is 4.79 Å². The lowest BCUT2D eigenvalue weighted by Gasteiger charge is -2.32. The zero-order valence-electron chi connectivity index (χ0n) is 11.9. The van der Waals surface area contributed by atoms with Crippen LogP contribution in [-0.4, -0.2) is 41.6 Å². The molecule has 3 rings (SSSR count). The molecule has 1 aliphatic rings. The molecule has 1 amide bonds. The number of carbonyl (C=O) groups is 1. The molecule has 0 N–H and O–H groups in total. The molecule has 1 unspecified atom stereocenters. The minimum Gasteiger partial charge on any atom is -0.375 e. The van der Waals surface area contributed by atoms with Crippen LogP contribution < -0.4 is 0 Å². The van der Waals surface area contributed by atoms with Gasteiger partial charge in [-0.2, -0.15) is 11.3 Å². The summed E-state index contributed by atoms with van der Waals surface area (Å²) in [6, 6.07) is 2.06. The van der Waals surface area contributed by atoms with Crippen LogP contribution in [0.5, 0.6) is 0 Å². The lowest BCUT2D eigenvalue weighted by Crippen LogP contribution is -2.46. The summed E-state index contributed by atoms with van der Waals surface area (Å²) in [4.78, 5) is 18.8. The molecule has 6 heteroatoms. The third kappa shape index (κ3) is 3.51. The molecule has 112 valence electrons. The summed E-state index contributed by atoms with van der Waals surface area (Å²) >= 11 is 3.26. The van der Waals surface area contributed by atoms with E-state index < -0.39 is 0 Å². The van der Waals surface area contributed by atoms with Crippen molar-refractivity contribution in [1.29, 1.82) is 0 Å². The van der Waals surface area contributed by atoms with Crippen molar-refractivity contribution >= 4 is 28.6 Å². The Morgan fingerprint density at radius 1 is 1.52 bits per heavy atom. The number of rotatable bonds is 4. The van der Waals surface area contributed by atoms with Gasteiger partial charge in [0.15, 0.2) is 0 Å². The Morgan fingerprint density at radius 3 is 3.19 bits per heavy atom. The van der Waals surface area contributed by atoms with Crippen LogP contribution in [0.4, 0.5) is 0 Å². The highest BCUT2D eigenvalue weighted by molar-refractivity contribution is 7.14. The average Bonchev–Trinajstić information content (AvgIpc) is 3.18. The third-order valence-corrected chi connectivity index (χ3v) is 5.22. The summed E-state index contributed by atoms with van der Waals surface area (Å²) in [6.07, 6.45) is 1.51. The molecule has 1 saturated heterocycles. The van der Waals surface area contributed by atoms with Crippen molar-refractivity contribution in [2.75, 3.05) is 19.7 Å². The smallest absolute Gasteiger partial charge is 0.228 e. The molecule has 3 heterocycles. The Kier molecular flexibility index (Phi) is 4.67. The topological polar surface area (TPSA) is 42.4 Å². The maximum absolute atomic E-state index is 12.4. The first-order chi connectivity index (χ1) is 10.3. The maximum atomic E-state index is 12.4. The average molecular weight is 322 g/mol. The van der Waals surface area contributed by atoms with Gasteiger partial charge in [-0.05, 0) is 17.9 Å². The van der Waals surface area contributed by atoms with Crippen LogP contribution in [0.15, 0.2) is 22.2 Å². The predicted octanol–water partition coefficient (Wildman–Crippen LogP) is 3.05. The number of nitrogens with zero attached hydrogens (tertiary/aromatic N) is 2. The van der Waals surface area contributed by atoms with Gasteiger partial charge in [0.1, 0.15) is 5.01 Å². The molecule has 1 fully saturated rings. The summed E-state index contributed by atoms with van der Waals surface area (Å²) in [5.74, 6) is 0.152. The second-order valence-electron chi connectivity index (χ2n) is 5.07. The normalized spacial score (nSPS) is 18.9. The number of morpholine rings is 1. The molecule has 4 nitrogen and oxygen atoms in total. The second-order valence-corrected chi connectivity index (χ2v) is 6.71. The summed E-state index contributed by atoms with van der Waals surface area (Å²) in [5.41, 5.74) is 2.01. The lowest BCUT2D eigenvalue weighted by atomic mass is 10.2. The first-order valence-corrected chi connectivity index (χ1v) is 8.95. The molecule has 1 aliphatic heterocycles. The Morgan fingerprint density at radius 2 is 2.43 bits per heavy atom. The Hall–Kier alpha value is -1.24. The van der Waals surface area contributed by atoms with E-state index in [0.29, 0.717) is 26.1 Å². The van der Waals surface area contributed by atoms with E-state index in [4.69, 9.17) is 4.74 Å². The van der Waals surface area contributed by atoms with E-state index in [0.717, 1.165) is 22.7 Å².